The molecule has 5 nitrogen and oxygen atoms in total. The van der Waals surface area contributed by atoms with Crippen molar-refractivity contribution in [2.75, 3.05) is 13.7 Å². The van der Waals surface area contributed by atoms with Gasteiger partial charge < -0.3 is 9.30 Å². The van der Waals surface area contributed by atoms with Crippen molar-refractivity contribution < 1.29 is 9.53 Å². The van der Waals surface area contributed by atoms with E-state index in [-0.39, 0.29) is 0 Å². The van der Waals surface area contributed by atoms with Gasteiger partial charge >= 0.3 is 0 Å². The number of fused-ring (bicyclic) bond motifs is 1. The summed E-state index contributed by atoms with van der Waals surface area (Å²) in [5, 5.41) is 0. The van der Waals surface area contributed by atoms with E-state index in [1.807, 2.05) is 16.7 Å². The van der Waals surface area contributed by atoms with Crippen LogP contribution in [-0.4, -0.2) is 34.5 Å². The Hall–Kier alpha value is -1.75. The summed E-state index contributed by atoms with van der Waals surface area (Å²) in [6.45, 7) is 1.38. The van der Waals surface area contributed by atoms with Gasteiger partial charge in [0.25, 0.3) is 0 Å². The van der Waals surface area contributed by atoms with Crippen LogP contribution < -0.4 is 0 Å². The van der Waals surface area contributed by atoms with E-state index in [1.165, 1.54) is 0 Å². The molecule has 0 N–H and O–H groups in total. The minimum absolute atomic E-state index is 0.421. The number of imidazole rings is 1. The molecule has 0 fully saturated rings. The van der Waals surface area contributed by atoms with Gasteiger partial charge in [-0.1, -0.05) is 0 Å². The highest BCUT2D eigenvalue weighted by molar-refractivity contribution is 5.80. The van der Waals surface area contributed by atoms with Crippen LogP contribution >= 0.6 is 0 Å². The molecule has 2 aromatic heterocycles. The number of methoxy groups -OCH3 is 1. The number of aromatic nitrogens is 3. The van der Waals surface area contributed by atoms with Crippen LogP contribution in [0.15, 0.2) is 18.3 Å². The summed E-state index contributed by atoms with van der Waals surface area (Å²) in [7, 11) is 1.66. The molecule has 84 valence electrons. The van der Waals surface area contributed by atoms with Gasteiger partial charge in [0.2, 0.25) is 0 Å². The van der Waals surface area contributed by atoms with Gasteiger partial charge in [-0.25, -0.2) is 9.97 Å². The van der Waals surface area contributed by atoms with Crippen molar-refractivity contribution in [1.29, 1.82) is 0 Å². The first-order chi connectivity index (χ1) is 7.86. The maximum absolute atomic E-state index is 10.9. The normalized spacial score (nSPS) is 10.8. The molecule has 0 spiro atoms. The van der Waals surface area contributed by atoms with E-state index in [0.717, 1.165) is 18.2 Å². The molecule has 0 aliphatic heterocycles. The zero-order valence-corrected chi connectivity index (χ0v) is 9.09. The Balaban J connectivity index is 2.35. The van der Waals surface area contributed by atoms with E-state index < -0.39 is 0 Å². The fourth-order valence-corrected chi connectivity index (χ4v) is 1.67. The van der Waals surface area contributed by atoms with Crippen LogP contribution in [0.25, 0.3) is 11.2 Å². The topological polar surface area (TPSA) is 57.0 Å². The van der Waals surface area contributed by atoms with E-state index in [4.69, 9.17) is 4.74 Å². The average Bonchev–Trinajstić information content (AvgIpc) is 2.68. The molecular formula is C11H13N3O2. The maximum atomic E-state index is 10.9. The first-order valence-electron chi connectivity index (χ1n) is 5.12. The number of carbonyl (C=O) groups excluding carboxylic acids is 1. The third-order valence-corrected chi connectivity index (χ3v) is 2.39. The van der Waals surface area contributed by atoms with Gasteiger partial charge in [0.1, 0.15) is 0 Å². The maximum Gasteiger partial charge on any atom is 0.185 e. The van der Waals surface area contributed by atoms with Gasteiger partial charge in [-0.2, -0.15) is 0 Å². The lowest BCUT2D eigenvalue weighted by molar-refractivity contribution is 0.111. The minimum atomic E-state index is 0.421. The molecule has 0 saturated carbocycles. The highest BCUT2D eigenvalue weighted by Gasteiger charge is 2.09. The number of rotatable bonds is 5. The lowest BCUT2D eigenvalue weighted by Crippen LogP contribution is -2.05. The van der Waals surface area contributed by atoms with Crippen LogP contribution in [0.4, 0.5) is 0 Å². The highest BCUT2D eigenvalue weighted by atomic mass is 16.5. The molecule has 0 saturated heterocycles. The first kappa shape index (κ1) is 10.8. The quantitative estimate of drug-likeness (QED) is 0.561. The molecule has 0 bridgehead atoms. The Labute approximate surface area is 93.1 Å². The predicted octanol–water partition coefficient (Wildman–Crippen LogP) is 1.28. The zero-order valence-electron chi connectivity index (χ0n) is 9.09. The van der Waals surface area contributed by atoms with Crippen molar-refractivity contribution in [3.63, 3.8) is 0 Å². The average molecular weight is 219 g/mol. The van der Waals surface area contributed by atoms with Crippen LogP contribution in [-0.2, 0) is 11.3 Å². The summed E-state index contributed by atoms with van der Waals surface area (Å²) in [5.41, 5.74) is 1.50. The monoisotopic (exact) mass is 219 g/mol. The summed E-state index contributed by atoms with van der Waals surface area (Å²) in [5.74, 6) is 0.421. The zero-order chi connectivity index (χ0) is 11.4. The SMILES string of the molecule is COCCCn1c(C=O)nc2ncccc21. The van der Waals surface area contributed by atoms with Gasteiger partial charge in [-0.05, 0) is 18.6 Å². The van der Waals surface area contributed by atoms with Gasteiger partial charge in [0.05, 0.1) is 5.52 Å². The molecule has 2 heterocycles. The van der Waals surface area contributed by atoms with Crippen LogP contribution in [0, 0.1) is 0 Å². The molecule has 16 heavy (non-hydrogen) atoms. The number of carbonyl (C=O) groups is 1. The highest BCUT2D eigenvalue weighted by Crippen LogP contribution is 2.13. The third kappa shape index (κ3) is 1.94. The second-order valence-corrected chi connectivity index (χ2v) is 3.43. The number of pyridine rings is 1. The lowest BCUT2D eigenvalue weighted by atomic mass is 10.4. The molecule has 0 unspecified atom stereocenters. The van der Waals surface area contributed by atoms with Gasteiger partial charge in [0.15, 0.2) is 17.8 Å². The number of hydrogen-bond acceptors (Lipinski definition) is 4. The van der Waals surface area contributed by atoms with Crippen molar-refractivity contribution >= 4 is 17.5 Å². The van der Waals surface area contributed by atoms with E-state index in [0.29, 0.717) is 24.6 Å². The molecule has 0 atom stereocenters. The third-order valence-electron chi connectivity index (χ3n) is 2.39. The smallest absolute Gasteiger partial charge is 0.185 e. The summed E-state index contributed by atoms with van der Waals surface area (Å²) in [6, 6.07) is 3.75. The van der Waals surface area contributed by atoms with Crippen LogP contribution in [0.5, 0.6) is 0 Å². The molecule has 0 aromatic carbocycles. The van der Waals surface area contributed by atoms with Gasteiger partial charge in [-0.15, -0.1) is 0 Å². The second kappa shape index (κ2) is 4.85. The fourth-order valence-electron chi connectivity index (χ4n) is 1.67. The summed E-state index contributed by atoms with van der Waals surface area (Å²) >= 11 is 0. The molecule has 0 radical (unpaired) electrons. The summed E-state index contributed by atoms with van der Waals surface area (Å²) in [6.07, 6.45) is 3.27. The lowest BCUT2D eigenvalue weighted by Gasteiger charge is -2.04. The number of hydrogen-bond donors (Lipinski definition) is 0. The molecule has 2 rings (SSSR count). The molecule has 0 amide bonds. The Kier molecular flexibility index (Phi) is 3.26. The molecule has 0 aliphatic rings. The molecule has 2 aromatic rings. The van der Waals surface area contributed by atoms with E-state index in [1.54, 1.807) is 13.3 Å². The Bertz CT molecular complexity index is 493. The van der Waals surface area contributed by atoms with Crippen molar-refractivity contribution in [1.82, 2.24) is 14.5 Å². The summed E-state index contributed by atoms with van der Waals surface area (Å²) < 4.78 is 6.86. The van der Waals surface area contributed by atoms with Crippen molar-refractivity contribution in [2.24, 2.45) is 0 Å². The second-order valence-electron chi connectivity index (χ2n) is 3.43. The van der Waals surface area contributed by atoms with E-state index >= 15 is 0 Å². The van der Waals surface area contributed by atoms with E-state index in [9.17, 15) is 4.79 Å². The number of aldehydes is 1. The fraction of sp³-hybridized carbons (Fsp3) is 0.364. The van der Waals surface area contributed by atoms with Crippen LogP contribution in [0.3, 0.4) is 0 Å². The predicted molar refractivity (Wildman–Crippen MR) is 59.4 cm³/mol. The summed E-state index contributed by atoms with van der Waals surface area (Å²) in [4.78, 5) is 19.2. The molecule has 5 heteroatoms. The Morgan fingerprint density at radius 3 is 3.19 bits per heavy atom. The van der Waals surface area contributed by atoms with Crippen molar-refractivity contribution in [2.45, 2.75) is 13.0 Å². The van der Waals surface area contributed by atoms with Gasteiger partial charge in [-0.3, -0.25) is 4.79 Å². The van der Waals surface area contributed by atoms with Crippen molar-refractivity contribution in [3.05, 3.63) is 24.2 Å². The number of ether oxygens (including phenoxy) is 1. The van der Waals surface area contributed by atoms with Gasteiger partial charge in [0, 0.05) is 26.5 Å². The van der Waals surface area contributed by atoms with Crippen LogP contribution in [0.1, 0.15) is 17.0 Å². The number of nitrogens with zero attached hydrogens (tertiary/aromatic N) is 3. The standard InChI is InChI=1S/C11H13N3O2/c1-16-7-3-6-14-9-4-2-5-12-11(9)13-10(14)8-15/h2,4-5,8H,3,6-7H2,1H3. The largest absolute Gasteiger partial charge is 0.385 e. The minimum Gasteiger partial charge on any atom is -0.385 e. The number of aryl methyl sites for hydroxylation is 1. The molecular weight excluding hydrogens is 206 g/mol. The Morgan fingerprint density at radius 1 is 1.56 bits per heavy atom. The van der Waals surface area contributed by atoms with Crippen LogP contribution in [0.2, 0.25) is 0 Å². The molecule has 0 aliphatic carbocycles. The van der Waals surface area contributed by atoms with E-state index in [2.05, 4.69) is 9.97 Å². The van der Waals surface area contributed by atoms with Crippen molar-refractivity contribution in [3.8, 4) is 0 Å². The first-order valence-corrected chi connectivity index (χ1v) is 5.12. The Morgan fingerprint density at radius 2 is 2.44 bits per heavy atom.